The van der Waals surface area contributed by atoms with Crippen LogP contribution in [0.3, 0.4) is 0 Å². The van der Waals surface area contributed by atoms with Crippen LogP contribution in [0.1, 0.15) is 6.92 Å². The Hall–Kier alpha value is -2.62. The van der Waals surface area contributed by atoms with Crippen LogP contribution in [-0.2, 0) is 27.9 Å². The predicted octanol–water partition coefficient (Wildman–Crippen LogP) is 2.01. The number of para-hydroxylation sites is 2. The van der Waals surface area contributed by atoms with Gasteiger partial charge in [-0.1, -0.05) is 29.8 Å². The first-order chi connectivity index (χ1) is 14.8. The second kappa shape index (κ2) is 8.49. The van der Waals surface area contributed by atoms with Crippen molar-refractivity contribution in [3.05, 3.63) is 64.0 Å². The first kappa shape index (κ1) is 21.6. The standard InChI is InChI=1S/C21H23ClN4O4S/c1-2-25-18-8-3-4-9-19(18)26(21(25)28)15-20(27)23-10-12-24(13-11-23)31(29,30)17-7-5-6-16(22)14-17/h3-9,14H,2,10-13,15H2,1H3. The molecule has 8 nitrogen and oxygen atoms in total. The Bertz CT molecular complexity index is 1290. The summed E-state index contributed by atoms with van der Waals surface area (Å²) in [5.74, 6) is -0.207. The molecule has 2 aromatic carbocycles. The van der Waals surface area contributed by atoms with Gasteiger partial charge in [-0.2, -0.15) is 4.31 Å². The van der Waals surface area contributed by atoms with Gasteiger partial charge in [0, 0.05) is 37.7 Å². The summed E-state index contributed by atoms with van der Waals surface area (Å²) in [6.45, 7) is 3.23. The average Bonchev–Trinajstić information content (AvgIpc) is 3.04. The normalized spacial score (nSPS) is 15.5. The smallest absolute Gasteiger partial charge is 0.329 e. The lowest BCUT2D eigenvalue weighted by Crippen LogP contribution is -2.51. The van der Waals surface area contributed by atoms with E-state index in [4.69, 9.17) is 11.6 Å². The highest BCUT2D eigenvalue weighted by molar-refractivity contribution is 7.89. The first-order valence-electron chi connectivity index (χ1n) is 10.0. The summed E-state index contributed by atoms with van der Waals surface area (Å²) in [4.78, 5) is 27.4. The number of aryl methyl sites for hydroxylation is 1. The van der Waals surface area contributed by atoms with Crippen molar-refractivity contribution in [1.29, 1.82) is 0 Å². The molecule has 0 bridgehead atoms. The third-order valence-corrected chi connectivity index (χ3v) is 7.69. The molecule has 2 heterocycles. The summed E-state index contributed by atoms with van der Waals surface area (Å²) in [7, 11) is -3.68. The number of halogens is 1. The van der Waals surface area contributed by atoms with E-state index in [9.17, 15) is 18.0 Å². The van der Waals surface area contributed by atoms with Crippen LogP contribution in [0, 0.1) is 0 Å². The van der Waals surface area contributed by atoms with Gasteiger partial charge in [0.05, 0.1) is 15.9 Å². The fraction of sp³-hybridized carbons (Fsp3) is 0.333. The molecule has 31 heavy (non-hydrogen) atoms. The number of sulfonamides is 1. The van der Waals surface area contributed by atoms with E-state index in [0.717, 1.165) is 5.52 Å². The van der Waals surface area contributed by atoms with Crippen molar-refractivity contribution < 1.29 is 13.2 Å². The Morgan fingerprint density at radius 1 is 0.968 bits per heavy atom. The molecule has 1 aliphatic heterocycles. The van der Waals surface area contributed by atoms with Crippen LogP contribution in [-0.4, -0.2) is 58.8 Å². The lowest BCUT2D eigenvalue weighted by atomic mass is 10.3. The Balaban J connectivity index is 1.48. The van der Waals surface area contributed by atoms with Crippen LogP contribution in [0.15, 0.2) is 58.2 Å². The van der Waals surface area contributed by atoms with Gasteiger partial charge < -0.3 is 4.90 Å². The summed E-state index contributed by atoms with van der Waals surface area (Å²) in [6.07, 6.45) is 0. The van der Waals surface area contributed by atoms with Crippen molar-refractivity contribution in [3.63, 3.8) is 0 Å². The minimum absolute atomic E-state index is 0.0760. The van der Waals surface area contributed by atoms with Gasteiger partial charge in [0.15, 0.2) is 0 Å². The molecule has 4 rings (SSSR count). The number of imidazole rings is 1. The van der Waals surface area contributed by atoms with Gasteiger partial charge >= 0.3 is 5.69 Å². The van der Waals surface area contributed by atoms with E-state index < -0.39 is 10.0 Å². The highest BCUT2D eigenvalue weighted by atomic mass is 35.5. The number of nitrogens with zero attached hydrogens (tertiary/aromatic N) is 4. The highest BCUT2D eigenvalue weighted by Gasteiger charge is 2.30. The molecule has 0 unspecified atom stereocenters. The summed E-state index contributed by atoms with van der Waals surface area (Å²) >= 11 is 5.93. The molecule has 0 N–H and O–H groups in total. The number of piperazine rings is 1. The van der Waals surface area contributed by atoms with Gasteiger partial charge in [-0.25, -0.2) is 13.2 Å². The number of carbonyl (C=O) groups excluding carboxylic acids is 1. The third kappa shape index (κ3) is 4.00. The molecule has 0 aliphatic carbocycles. The molecule has 0 atom stereocenters. The number of hydrogen-bond acceptors (Lipinski definition) is 4. The summed E-state index contributed by atoms with van der Waals surface area (Å²) in [6, 6.07) is 13.5. The first-order valence-corrected chi connectivity index (χ1v) is 11.9. The number of rotatable bonds is 5. The minimum Gasteiger partial charge on any atom is -0.338 e. The molecular weight excluding hydrogens is 440 g/mol. The van der Waals surface area contributed by atoms with Crippen molar-refractivity contribution >= 4 is 38.6 Å². The van der Waals surface area contributed by atoms with Crippen LogP contribution in [0.5, 0.6) is 0 Å². The third-order valence-electron chi connectivity index (χ3n) is 5.56. The molecule has 1 aliphatic rings. The lowest BCUT2D eigenvalue weighted by Gasteiger charge is -2.34. The van der Waals surface area contributed by atoms with Crippen LogP contribution < -0.4 is 5.69 Å². The monoisotopic (exact) mass is 462 g/mol. The van der Waals surface area contributed by atoms with Gasteiger partial charge in [-0.15, -0.1) is 0 Å². The fourth-order valence-corrected chi connectivity index (χ4v) is 5.64. The molecule has 1 aromatic heterocycles. The molecule has 164 valence electrons. The summed E-state index contributed by atoms with van der Waals surface area (Å²) in [5.41, 5.74) is 1.28. The zero-order valence-corrected chi connectivity index (χ0v) is 18.6. The predicted molar refractivity (Wildman–Crippen MR) is 119 cm³/mol. The van der Waals surface area contributed by atoms with E-state index in [2.05, 4.69) is 0 Å². The number of fused-ring (bicyclic) bond motifs is 1. The SMILES string of the molecule is CCn1c(=O)n(CC(=O)N2CCN(S(=O)(=O)c3cccc(Cl)c3)CC2)c2ccccc21. The van der Waals surface area contributed by atoms with Gasteiger partial charge in [-0.05, 0) is 37.3 Å². The maximum Gasteiger partial charge on any atom is 0.329 e. The van der Waals surface area contributed by atoms with E-state index in [1.165, 1.54) is 21.0 Å². The second-order valence-corrected chi connectivity index (χ2v) is 9.72. The largest absolute Gasteiger partial charge is 0.338 e. The Labute approximate surface area is 185 Å². The molecule has 0 radical (unpaired) electrons. The van der Waals surface area contributed by atoms with Crippen molar-refractivity contribution in [1.82, 2.24) is 18.3 Å². The van der Waals surface area contributed by atoms with Crippen LogP contribution in [0.25, 0.3) is 11.0 Å². The molecule has 1 amide bonds. The quantitative estimate of drug-likeness (QED) is 0.580. The Morgan fingerprint density at radius 2 is 1.61 bits per heavy atom. The molecule has 1 fully saturated rings. The number of carbonyl (C=O) groups is 1. The van der Waals surface area contributed by atoms with Crippen LogP contribution in [0.4, 0.5) is 0 Å². The van der Waals surface area contributed by atoms with Crippen molar-refractivity contribution in [2.45, 2.75) is 24.9 Å². The Morgan fingerprint density at radius 3 is 2.23 bits per heavy atom. The number of amides is 1. The zero-order valence-electron chi connectivity index (χ0n) is 17.1. The lowest BCUT2D eigenvalue weighted by molar-refractivity contribution is -0.133. The maximum atomic E-state index is 12.9. The fourth-order valence-electron chi connectivity index (χ4n) is 3.92. The summed E-state index contributed by atoms with van der Waals surface area (Å²) in [5, 5.41) is 0.353. The van der Waals surface area contributed by atoms with Gasteiger partial charge in [0.1, 0.15) is 6.54 Å². The topological polar surface area (TPSA) is 84.6 Å². The van der Waals surface area contributed by atoms with Crippen LogP contribution in [0.2, 0.25) is 5.02 Å². The van der Waals surface area contributed by atoms with Crippen molar-refractivity contribution in [2.75, 3.05) is 26.2 Å². The van der Waals surface area contributed by atoms with E-state index in [-0.39, 0.29) is 49.2 Å². The van der Waals surface area contributed by atoms with Crippen molar-refractivity contribution in [3.8, 4) is 0 Å². The van der Waals surface area contributed by atoms with Crippen LogP contribution >= 0.6 is 11.6 Å². The number of aromatic nitrogens is 2. The van der Waals surface area contributed by atoms with E-state index in [0.29, 0.717) is 17.1 Å². The van der Waals surface area contributed by atoms with E-state index in [1.54, 1.807) is 21.6 Å². The maximum absolute atomic E-state index is 12.9. The Kier molecular flexibility index (Phi) is 5.92. The van der Waals surface area contributed by atoms with Gasteiger partial charge in [0.25, 0.3) is 0 Å². The number of benzene rings is 2. The van der Waals surface area contributed by atoms with Gasteiger partial charge in [-0.3, -0.25) is 13.9 Å². The van der Waals surface area contributed by atoms with Crippen molar-refractivity contribution in [2.24, 2.45) is 0 Å². The van der Waals surface area contributed by atoms with E-state index in [1.807, 2.05) is 31.2 Å². The second-order valence-electron chi connectivity index (χ2n) is 7.34. The molecule has 0 spiro atoms. The molecule has 0 saturated carbocycles. The zero-order chi connectivity index (χ0) is 22.2. The van der Waals surface area contributed by atoms with Gasteiger partial charge in [0.2, 0.25) is 15.9 Å². The molecule has 3 aromatic rings. The highest BCUT2D eigenvalue weighted by Crippen LogP contribution is 2.21. The minimum atomic E-state index is -3.68. The molecule has 10 heteroatoms. The average molecular weight is 463 g/mol. The number of hydrogen-bond donors (Lipinski definition) is 0. The molecular formula is C21H23ClN4O4S. The molecule has 1 saturated heterocycles. The summed E-state index contributed by atoms with van der Waals surface area (Å²) < 4.78 is 30.2. The van der Waals surface area contributed by atoms with E-state index >= 15 is 0 Å².